The summed E-state index contributed by atoms with van der Waals surface area (Å²) in [6.45, 7) is 5.12. The summed E-state index contributed by atoms with van der Waals surface area (Å²) in [5.74, 6) is -1.13. The number of aliphatic carboxylic acids is 1. The molecule has 0 aliphatic carbocycles. The standard InChI is InChI=1S/C14H17BrClNO4/c1-14(2,3)21-13(20)17-11(12(18)19)7-8-4-5-10(16)9(15)6-8/h4-6,11H,7H2,1-3H3,(H,17,20)(H,18,19). The number of rotatable bonds is 4. The van der Waals surface area contributed by atoms with Crippen molar-refractivity contribution < 1.29 is 19.4 Å². The Morgan fingerprint density at radius 2 is 2.05 bits per heavy atom. The Bertz CT molecular complexity index is 542. The third kappa shape index (κ3) is 6.35. The van der Waals surface area contributed by atoms with Crippen molar-refractivity contribution in [3.8, 4) is 0 Å². The molecule has 0 heterocycles. The molecule has 2 N–H and O–H groups in total. The Kier molecular flexibility index (Phi) is 6.04. The van der Waals surface area contributed by atoms with Crippen LogP contribution < -0.4 is 5.32 Å². The number of carbonyl (C=O) groups is 2. The Labute approximate surface area is 136 Å². The summed E-state index contributed by atoms with van der Waals surface area (Å²) in [5.41, 5.74) is 0.0471. The van der Waals surface area contributed by atoms with Gasteiger partial charge in [0.2, 0.25) is 0 Å². The van der Waals surface area contributed by atoms with E-state index in [0.717, 1.165) is 5.56 Å². The number of ether oxygens (including phenoxy) is 1. The van der Waals surface area contributed by atoms with Gasteiger partial charge in [0.1, 0.15) is 11.6 Å². The Balaban J connectivity index is 2.76. The van der Waals surface area contributed by atoms with Crippen LogP contribution in [0.3, 0.4) is 0 Å². The van der Waals surface area contributed by atoms with Crippen molar-refractivity contribution in [2.24, 2.45) is 0 Å². The van der Waals surface area contributed by atoms with Gasteiger partial charge >= 0.3 is 12.1 Å². The zero-order valence-corrected chi connectivity index (χ0v) is 14.3. The Morgan fingerprint density at radius 1 is 1.43 bits per heavy atom. The van der Waals surface area contributed by atoms with Crippen LogP contribution in [0.4, 0.5) is 4.79 Å². The lowest BCUT2D eigenvalue weighted by Gasteiger charge is -2.22. The first-order valence-corrected chi connectivity index (χ1v) is 7.42. The smallest absolute Gasteiger partial charge is 0.408 e. The summed E-state index contributed by atoms with van der Waals surface area (Å²) < 4.78 is 5.72. The van der Waals surface area contributed by atoms with Crippen molar-refractivity contribution in [1.29, 1.82) is 0 Å². The second kappa shape index (κ2) is 7.13. The van der Waals surface area contributed by atoms with E-state index in [2.05, 4.69) is 21.2 Å². The maximum absolute atomic E-state index is 11.7. The largest absolute Gasteiger partial charge is 0.480 e. The highest BCUT2D eigenvalue weighted by Gasteiger charge is 2.24. The fourth-order valence-electron chi connectivity index (χ4n) is 1.55. The van der Waals surface area contributed by atoms with Gasteiger partial charge in [-0.25, -0.2) is 9.59 Å². The van der Waals surface area contributed by atoms with Crippen molar-refractivity contribution in [3.05, 3.63) is 33.3 Å². The van der Waals surface area contributed by atoms with E-state index < -0.39 is 23.7 Å². The number of amides is 1. The molecule has 1 unspecified atom stereocenters. The number of carbonyl (C=O) groups excluding carboxylic acids is 1. The molecular weight excluding hydrogens is 362 g/mol. The molecule has 0 saturated heterocycles. The monoisotopic (exact) mass is 377 g/mol. The third-order valence-electron chi connectivity index (χ3n) is 2.41. The van der Waals surface area contributed by atoms with Crippen LogP contribution in [0.5, 0.6) is 0 Å². The summed E-state index contributed by atoms with van der Waals surface area (Å²) in [7, 11) is 0. The van der Waals surface area contributed by atoms with E-state index in [1.807, 2.05) is 0 Å². The minimum atomic E-state index is -1.13. The molecule has 0 spiro atoms. The highest BCUT2D eigenvalue weighted by Crippen LogP contribution is 2.23. The summed E-state index contributed by atoms with van der Waals surface area (Å²) in [6.07, 6.45) is -0.632. The lowest BCUT2D eigenvalue weighted by atomic mass is 10.1. The van der Waals surface area contributed by atoms with Crippen molar-refractivity contribution in [2.75, 3.05) is 0 Å². The maximum Gasteiger partial charge on any atom is 0.408 e. The normalized spacial score (nSPS) is 12.6. The summed E-state index contributed by atoms with van der Waals surface area (Å²) >= 11 is 9.16. The number of carboxylic acids is 1. The molecule has 0 fully saturated rings. The molecule has 7 heteroatoms. The van der Waals surface area contributed by atoms with Gasteiger partial charge in [-0.2, -0.15) is 0 Å². The fraction of sp³-hybridized carbons (Fsp3) is 0.429. The molecule has 0 bridgehead atoms. The molecule has 5 nitrogen and oxygen atoms in total. The first-order chi connectivity index (χ1) is 9.58. The van der Waals surface area contributed by atoms with Gasteiger partial charge in [0.05, 0.1) is 5.02 Å². The number of halogens is 2. The zero-order chi connectivity index (χ0) is 16.2. The van der Waals surface area contributed by atoms with Gasteiger partial charge in [0, 0.05) is 10.9 Å². The van der Waals surface area contributed by atoms with Crippen LogP contribution in [-0.4, -0.2) is 28.8 Å². The van der Waals surface area contributed by atoms with Crippen LogP contribution in [0.25, 0.3) is 0 Å². The molecule has 1 rings (SSSR count). The molecule has 0 radical (unpaired) electrons. The number of benzene rings is 1. The molecule has 0 aliphatic rings. The molecule has 1 amide bonds. The van der Waals surface area contributed by atoms with Gasteiger partial charge < -0.3 is 15.2 Å². The lowest BCUT2D eigenvalue weighted by Crippen LogP contribution is -2.44. The predicted octanol–water partition coefficient (Wildman–Crippen LogP) is 3.62. The Morgan fingerprint density at radius 3 is 2.52 bits per heavy atom. The van der Waals surface area contributed by atoms with E-state index in [1.54, 1.807) is 39.0 Å². The predicted molar refractivity (Wildman–Crippen MR) is 83.6 cm³/mol. The van der Waals surface area contributed by atoms with E-state index >= 15 is 0 Å². The van der Waals surface area contributed by atoms with Crippen LogP contribution in [0, 0.1) is 0 Å². The number of carboxylic acid groups (broad SMARTS) is 1. The lowest BCUT2D eigenvalue weighted by molar-refractivity contribution is -0.139. The van der Waals surface area contributed by atoms with Crippen LogP contribution in [0.15, 0.2) is 22.7 Å². The van der Waals surface area contributed by atoms with E-state index in [1.165, 1.54) is 0 Å². The quantitative estimate of drug-likeness (QED) is 0.839. The average Bonchev–Trinajstić information content (AvgIpc) is 2.30. The Hall–Kier alpha value is -1.27. The summed E-state index contributed by atoms with van der Waals surface area (Å²) in [4.78, 5) is 22.9. The van der Waals surface area contributed by atoms with Crippen LogP contribution in [0.1, 0.15) is 26.3 Å². The number of alkyl carbamates (subject to hydrolysis) is 1. The minimum absolute atomic E-state index is 0.129. The van der Waals surface area contributed by atoms with Gasteiger partial charge in [-0.1, -0.05) is 17.7 Å². The van der Waals surface area contributed by atoms with Gasteiger partial charge in [-0.3, -0.25) is 0 Å². The van der Waals surface area contributed by atoms with Gasteiger partial charge in [0.15, 0.2) is 0 Å². The molecule has 1 atom stereocenters. The van der Waals surface area contributed by atoms with E-state index in [4.69, 9.17) is 16.3 Å². The first kappa shape index (κ1) is 17.8. The van der Waals surface area contributed by atoms with Crippen molar-refractivity contribution in [3.63, 3.8) is 0 Å². The number of nitrogens with one attached hydrogen (secondary N) is 1. The van der Waals surface area contributed by atoms with E-state index in [9.17, 15) is 14.7 Å². The molecule has 1 aromatic carbocycles. The second-order valence-corrected chi connectivity index (χ2v) is 6.75. The summed E-state index contributed by atoms with van der Waals surface area (Å²) in [5, 5.41) is 12.1. The molecule has 0 aromatic heterocycles. The van der Waals surface area contributed by atoms with Crippen LogP contribution >= 0.6 is 27.5 Å². The topological polar surface area (TPSA) is 75.6 Å². The van der Waals surface area contributed by atoms with Gasteiger partial charge in [0.25, 0.3) is 0 Å². The molecule has 1 aromatic rings. The SMILES string of the molecule is CC(C)(C)OC(=O)NC(Cc1ccc(Cl)c(Br)c1)C(=O)O. The van der Waals surface area contributed by atoms with Gasteiger partial charge in [-0.15, -0.1) is 0 Å². The van der Waals surface area contributed by atoms with Crippen molar-refractivity contribution >= 4 is 39.6 Å². The third-order valence-corrected chi connectivity index (χ3v) is 3.63. The second-order valence-electron chi connectivity index (χ2n) is 5.49. The van der Waals surface area contributed by atoms with Crippen molar-refractivity contribution in [1.82, 2.24) is 5.32 Å². The maximum atomic E-state index is 11.7. The van der Waals surface area contributed by atoms with Crippen molar-refractivity contribution in [2.45, 2.75) is 38.8 Å². The number of hydrogen-bond acceptors (Lipinski definition) is 3. The fourth-order valence-corrected chi connectivity index (χ4v) is 2.10. The van der Waals surface area contributed by atoms with Crippen LogP contribution in [0.2, 0.25) is 5.02 Å². The molecule has 0 saturated carbocycles. The average molecular weight is 379 g/mol. The minimum Gasteiger partial charge on any atom is -0.480 e. The molecular formula is C14H17BrClNO4. The molecule has 116 valence electrons. The zero-order valence-electron chi connectivity index (χ0n) is 11.9. The molecule has 0 aliphatic heterocycles. The highest BCUT2D eigenvalue weighted by molar-refractivity contribution is 9.10. The van der Waals surface area contributed by atoms with Crippen LogP contribution in [-0.2, 0) is 16.0 Å². The van der Waals surface area contributed by atoms with E-state index in [0.29, 0.717) is 9.50 Å². The molecule has 21 heavy (non-hydrogen) atoms. The highest BCUT2D eigenvalue weighted by atomic mass is 79.9. The summed E-state index contributed by atoms with van der Waals surface area (Å²) in [6, 6.07) is 4.01. The number of hydrogen-bond donors (Lipinski definition) is 2. The first-order valence-electron chi connectivity index (χ1n) is 6.25. The van der Waals surface area contributed by atoms with Gasteiger partial charge in [-0.05, 0) is 54.4 Å². The van der Waals surface area contributed by atoms with E-state index in [-0.39, 0.29) is 6.42 Å².